The van der Waals surface area contributed by atoms with Crippen LogP contribution in [0.25, 0.3) is 0 Å². The smallest absolute Gasteiger partial charge is 0.244 e. The number of nitrogens with zero attached hydrogens (tertiary/aromatic N) is 1. The summed E-state index contributed by atoms with van der Waals surface area (Å²) in [5, 5.41) is 2.82. The largest absolute Gasteiger partial charge is 0.336 e. The molecule has 0 aliphatic carbocycles. The van der Waals surface area contributed by atoms with E-state index in [1.807, 2.05) is 31.2 Å². The van der Waals surface area contributed by atoms with E-state index >= 15 is 0 Å². The number of anilines is 1. The second-order valence-electron chi connectivity index (χ2n) is 4.50. The zero-order valence-electron chi connectivity index (χ0n) is 11.0. The summed E-state index contributed by atoms with van der Waals surface area (Å²) < 4.78 is 1.65. The van der Waals surface area contributed by atoms with Crippen LogP contribution >= 0.6 is 0 Å². The van der Waals surface area contributed by atoms with Crippen LogP contribution in [-0.2, 0) is 11.3 Å². The third kappa shape index (κ3) is 3.31. The van der Waals surface area contributed by atoms with Crippen LogP contribution in [0.2, 0.25) is 0 Å². The van der Waals surface area contributed by atoms with Crippen molar-refractivity contribution in [2.75, 3.05) is 5.32 Å². The molecule has 0 radical (unpaired) electrons. The van der Waals surface area contributed by atoms with E-state index in [0.29, 0.717) is 5.69 Å². The molecule has 0 saturated carbocycles. The zero-order valence-corrected chi connectivity index (χ0v) is 11.0. The van der Waals surface area contributed by atoms with Crippen molar-refractivity contribution in [3.8, 4) is 0 Å². The first kappa shape index (κ1) is 13.1. The summed E-state index contributed by atoms with van der Waals surface area (Å²) in [6, 6.07) is 11.1. The van der Waals surface area contributed by atoms with Crippen molar-refractivity contribution in [2.45, 2.75) is 20.4 Å². The van der Waals surface area contributed by atoms with E-state index in [4.69, 9.17) is 0 Å². The van der Waals surface area contributed by atoms with Gasteiger partial charge in [0.1, 0.15) is 6.54 Å². The van der Waals surface area contributed by atoms with Crippen molar-refractivity contribution in [1.82, 2.24) is 4.57 Å². The van der Waals surface area contributed by atoms with E-state index in [1.165, 1.54) is 6.92 Å². The molecule has 4 heteroatoms. The molecule has 0 aliphatic heterocycles. The van der Waals surface area contributed by atoms with E-state index in [-0.39, 0.29) is 18.2 Å². The Morgan fingerprint density at radius 1 is 1.21 bits per heavy atom. The van der Waals surface area contributed by atoms with E-state index in [0.717, 1.165) is 11.3 Å². The number of aromatic nitrogens is 1. The number of amides is 1. The topological polar surface area (TPSA) is 51.1 Å². The molecule has 0 fully saturated rings. The van der Waals surface area contributed by atoms with E-state index in [2.05, 4.69) is 5.32 Å². The Morgan fingerprint density at radius 2 is 2.00 bits per heavy atom. The molecule has 1 heterocycles. The molecule has 1 amide bonds. The highest BCUT2D eigenvalue weighted by Crippen LogP contribution is 2.10. The third-order valence-electron chi connectivity index (χ3n) is 2.81. The van der Waals surface area contributed by atoms with Crippen molar-refractivity contribution >= 4 is 17.4 Å². The molecule has 0 atom stereocenters. The van der Waals surface area contributed by atoms with Gasteiger partial charge in [-0.25, -0.2) is 0 Å². The third-order valence-corrected chi connectivity index (χ3v) is 2.81. The fourth-order valence-electron chi connectivity index (χ4n) is 1.95. The van der Waals surface area contributed by atoms with Gasteiger partial charge in [-0.05, 0) is 36.8 Å². The number of ketones is 1. The normalized spacial score (nSPS) is 10.2. The first-order valence-electron chi connectivity index (χ1n) is 6.09. The number of rotatable bonds is 4. The second kappa shape index (κ2) is 5.52. The highest BCUT2D eigenvalue weighted by molar-refractivity contribution is 5.94. The van der Waals surface area contributed by atoms with Crippen molar-refractivity contribution in [2.24, 2.45) is 0 Å². The highest BCUT2D eigenvalue weighted by atomic mass is 16.2. The minimum atomic E-state index is -0.149. The maximum absolute atomic E-state index is 11.9. The second-order valence-corrected chi connectivity index (χ2v) is 4.50. The number of benzene rings is 1. The summed E-state index contributed by atoms with van der Waals surface area (Å²) in [7, 11) is 0. The average Bonchev–Trinajstić information content (AvgIpc) is 2.76. The van der Waals surface area contributed by atoms with Gasteiger partial charge in [0.25, 0.3) is 0 Å². The van der Waals surface area contributed by atoms with Crippen LogP contribution in [0.5, 0.6) is 0 Å². The predicted octanol–water partition coefficient (Wildman–Crippen LogP) is 2.64. The number of carbonyl (C=O) groups is 2. The van der Waals surface area contributed by atoms with Crippen LogP contribution in [0.3, 0.4) is 0 Å². The molecule has 1 aromatic carbocycles. The average molecular weight is 256 g/mol. The summed E-state index contributed by atoms with van der Waals surface area (Å²) in [6.07, 6.45) is 1.73. The molecule has 1 aromatic heterocycles. The van der Waals surface area contributed by atoms with Gasteiger partial charge >= 0.3 is 0 Å². The van der Waals surface area contributed by atoms with Gasteiger partial charge in [-0.1, -0.05) is 12.1 Å². The Bertz CT molecular complexity index is 614. The van der Waals surface area contributed by atoms with Gasteiger partial charge in [-0.15, -0.1) is 0 Å². The number of carbonyl (C=O) groups excluding carboxylic acids is 2. The summed E-state index contributed by atoms with van der Waals surface area (Å²) in [5.74, 6) is -0.197. The summed E-state index contributed by atoms with van der Waals surface area (Å²) in [5.41, 5.74) is 2.39. The quantitative estimate of drug-likeness (QED) is 0.855. The molecule has 0 aliphatic rings. The molecule has 0 spiro atoms. The highest BCUT2D eigenvalue weighted by Gasteiger charge is 2.09. The number of aryl methyl sites for hydroxylation is 1. The first-order valence-corrected chi connectivity index (χ1v) is 6.09. The Morgan fingerprint density at radius 3 is 2.68 bits per heavy atom. The molecule has 4 nitrogen and oxygen atoms in total. The monoisotopic (exact) mass is 256 g/mol. The first-order chi connectivity index (χ1) is 9.06. The SMILES string of the molecule is CC(=O)c1cccn1CC(=O)Nc1cccc(C)c1. The Labute approximate surface area is 112 Å². The molecular weight excluding hydrogens is 240 g/mol. The fraction of sp³-hybridized carbons (Fsp3) is 0.200. The molecule has 19 heavy (non-hydrogen) atoms. The van der Waals surface area contributed by atoms with Crippen molar-refractivity contribution in [1.29, 1.82) is 0 Å². The van der Waals surface area contributed by atoms with Crippen molar-refractivity contribution in [3.05, 3.63) is 53.9 Å². The van der Waals surface area contributed by atoms with Crippen LogP contribution in [0.15, 0.2) is 42.6 Å². The zero-order chi connectivity index (χ0) is 13.8. The number of Topliss-reactive ketones (excluding diaryl/α,β-unsaturated/α-hetero) is 1. The molecule has 0 saturated heterocycles. The van der Waals surface area contributed by atoms with Crippen LogP contribution in [0.4, 0.5) is 5.69 Å². The summed E-state index contributed by atoms with van der Waals surface area (Å²) in [6.45, 7) is 3.59. The maximum Gasteiger partial charge on any atom is 0.244 e. The minimum Gasteiger partial charge on any atom is -0.336 e. The molecule has 0 unspecified atom stereocenters. The number of hydrogen-bond donors (Lipinski definition) is 1. The van der Waals surface area contributed by atoms with Crippen molar-refractivity contribution in [3.63, 3.8) is 0 Å². The summed E-state index contributed by atoms with van der Waals surface area (Å²) in [4.78, 5) is 23.3. The van der Waals surface area contributed by atoms with Gasteiger partial charge in [0.15, 0.2) is 5.78 Å². The van der Waals surface area contributed by atoms with Gasteiger partial charge in [0, 0.05) is 18.8 Å². The molecular formula is C15H16N2O2. The van der Waals surface area contributed by atoms with Gasteiger partial charge < -0.3 is 9.88 Å². The standard InChI is InChI=1S/C15H16N2O2/c1-11-5-3-6-13(9-11)16-15(19)10-17-8-4-7-14(17)12(2)18/h3-9H,10H2,1-2H3,(H,16,19). The van der Waals surface area contributed by atoms with E-state index in [9.17, 15) is 9.59 Å². The Balaban J connectivity index is 2.05. The lowest BCUT2D eigenvalue weighted by molar-refractivity contribution is -0.116. The molecule has 2 aromatic rings. The Hall–Kier alpha value is -2.36. The number of hydrogen-bond acceptors (Lipinski definition) is 2. The van der Waals surface area contributed by atoms with E-state index in [1.54, 1.807) is 22.9 Å². The van der Waals surface area contributed by atoms with E-state index < -0.39 is 0 Å². The molecule has 98 valence electrons. The lowest BCUT2D eigenvalue weighted by atomic mass is 10.2. The fourth-order valence-corrected chi connectivity index (χ4v) is 1.95. The Kier molecular flexibility index (Phi) is 3.80. The lowest BCUT2D eigenvalue weighted by Crippen LogP contribution is -2.20. The van der Waals surface area contributed by atoms with Crippen LogP contribution in [-0.4, -0.2) is 16.3 Å². The van der Waals surface area contributed by atoms with Crippen LogP contribution < -0.4 is 5.32 Å². The van der Waals surface area contributed by atoms with Crippen LogP contribution in [0, 0.1) is 6.92 Å². The molecule has 1 N–H and O–H groups in total. The lowest BCUT2D eigenvalue weighted by Gasteiger charge is -2.08. The van der Waals surface area contributed by atoms with Gasteiger partial charge in [-0.2, -0.15) is 0 Å². The predicted molar refractivity (Wildman–Crippen MR) is 74.2 cm³/mol. The molecule has 0 bridgehead atoms. The van der Waals surface area contributed by atoms with Crippen molar-refractivity contribution < 1.29 is 9.59 Å². The van der Waals surface area contributed by atoms with Gasteiger partial charge in [0.05, 0.1) is 5.69 Å². The summed E-state index contributed by atoms with van der Waals surface area (Å²) >= 11 is 0. The molecule has 2 rings (SSSR count). The van der Waals surface area contributed by atoms with Crippen LogP contribution in [0.1, 0.15) is 23.0 Å². The van der Waals surface area contributed by atoms with Gasteiger partial charge in [-0.3, -0.25) is 9.59 Å². The maximum atomic E-state index is 11.9. The van der Waals surface area contributed by atoms with Gasteiger partial charge in [0.2, 0.25) is 5.91 Å². The number of nitrogens with one attached hydrogen (secondary N) is 1. The minimum absolute atomic E-state index is 0.0478.